The number of carbonyl (C=O) groups excluding carboxylic acids is 1. The van der Waals surface area contributed by atoms with Crippen molar-refractivity contribution in [1.82, 2.24) is 0 Å². The van der Waals surface area contributed by atoms with Gasteiger partial charge in [0.2, 0.25) is 0 Å². The minimum absolute atomic E-state index is 0.120. The zero-order valence-corrected chi connectivity index (χ0v) is 15.6. The molecule has 0 fully saturated rings. The number of amides is 1. The largest absolute Gasteiger partial charge is 0.491 e. The zero-order valence-electron chi connectivity index (χ0n) is 15.6. The summed E-state index contributed by atoms with van der Waals surface area (Å²) in [5.41, 5.74) is 1.81. The van der Waals surface area contributed by atoms with Crippen molar-refractivity contribution < 1.29 is 14.3 Å². The van der Waals surface area contributed by atoms with Crippen LogP contribution in [0.5, 0.6) is 11.5 Å². The first-order valence-corrected chi connectivity index (χ1v) is 8.70. The summed E-state index contributed by atoms with van der Waals surface area (Å²) in [5.74, 6) is 1.68. The minimum atomic E-state index is -0.591. The Morgan fingerprint density at radius 3 is 2.12 bits per heavy atom. The van der Waals surface area contributed by atoms with Gasteiger partial charge in [0.05, 0.1) is 6.10 Å². The second kappa shape index (κ2) is 8.56. The monoisotopic (exact) mass is 341 g/mol. The van der Waals surface area contributed by atoms with Crippen LogP contribution in [0.1, 0.15) is 46.1 Å². The van der Waals surface area contributed by atoms with Gasteiger partial charge in [-0.25, -0.2) is 0 Å². The van der Waals surface area contributed by atoms with Gasteiger partial charge in [0, 0.05) is 5.69 Å². The topological polar surface area (TPSA) is 47.6 Å². The summed E-state index contributed by atoms with van der Waals surface area (Å²) in [6, 6.07) is 15.2. The molecule has 1 atom stereocenters. The zero-order chi connectivity index (χ0) is 18.4. The molecular formula is C21H27NO3. The van der Waals surface area contributed by atoms with Crippen molar-refractivity contribution in [3.05, 3.63) is 54.1 Å². The van der Waals surface area contributed by atoms with E-state index in [0.29, 0.717) is 11.6 Å². The van der Waals surface area contributed by atoms with E-state index in [9.17, 15) is 4.79 Å². The molecule has 2 rings (SSSR count). The van der Waals surface area contributed by atoms with Crippen molar-refractivity contribution in [2.75, 3.05) is 5.32 Å². The van der Waals surface area contributed by atoms with Gasteiger partial charge in [0.1, 0.15) is 11.5 Å². The smallest absolute Gasteiger partial charge is 0.265 e. The van der Waals surface area contributed by atoms with Crippen LogP contribution in [0, 0.1) is 0 Å². The maximum absolute atomic E-state index is 12.4. The van der Waals surface area contributed by atoms with Crippen molar-refractivity contribution in [2.24, 2.45) is 0 Å². The predicted octanol–water partition coefficient (Wildman–Crippen LogP) is 5.00. The first-order valence-electron chi connectivity index (χ1n) is 8.70. The van der Waals surface area contributed by atoms with E-state index < -0.39 is 6.10 Å². The summed E-state index contributed by atoms with van der Waals surface area (Å²) >= 11 is 0. The molecule has 0 bridgehead atoms. The molecule has 2 aromatic carbocycles. The normalized spacial score (nSPS) is 12.1. The Balaban J connectivity index is 1.99. The number of ether oxygens (including phenoxy) is 2. The minimum Gasteiger partial charge on any atom is -0.491 e. The summed E-state index contributed by atoms with van der Waals surface area (Å²) in [7, 11) is 0. The predicted molar refractivity (Wildman–Crippen MR) is 101 cm³/mol. The molecule has 4 heteroatoms. The molecule has 2 aromatic rings. The molecule has 0 saturated carbocycles. The Bertz CT molecular complexity index is 693. The van der Waals surface area contributed by atoms with E-state index >= 15 is 0 Å². The molecule has 1 amide bonds. The highest BCUT2D eigenvalue weighted by molar-refractivity contribution is 5.94. The van der Waals surface area contributed by atoms with Crippen LogP contribution in [0.4, 0.5) is 5.69 Å². The number of benzene rings is 2. The van der Waals surface area contributed by atoms with Crippen LogP contribution in [-0.2, 0) is 4.79 Å². The molecule has 0 unspecified atom stereocenters. The van der Waals surface area contributed by atoms with Gasteiger partial charge in [0.25, 0.3) is 5.91 Å². The van der Waals surface area contributed by atoms with Crippen LogP contribution >= 0.6 is 0 Å². The lowest BCUT2D eigenvalue weighted by molar-refractivity contribution is -0.122. The molecule has 0 saturated heterocycles. The van der Waals surface area contributed by atoms with Crippen molar-refractivity contribution in [3.63, 3.8) is 0 Å². The second-order valence-corrected chi connectivity index (χ2v) is 6.63. The fourth-order valence-electron chi connectivity index (χ4n) is 2.44. The molecule has 0 radical (unpaired) electrons. The maximum atomic E-state index is 12.4. The average Bonchev–Trinajstić information content (AvgIpc) is 2.56. The van der Waals surface area contributed by atoms with Crippen LogP contribution in [0.2, 0.25) is 0 Å². The number of hydrogen-bond donors (Lipinski definition) is 1. The Hall–Kier alpha value is -2.49. The molecule has 4 nitrogen and oxygen atoms in total. The van der Waals surface area contributed by atoms with Crippen molar-refractivity contribution in [1.29, 1.82) is 0 Å². The Kier molecular flexibility index (Phi) is 6.45. The number of hydrogen-bond acceptors (Lipinski definition) is 3. The molecule has 0 aliphatic rings. The molecule has 1 N–H and O–H groups in total. The molecule has 0 aromatic heterocycles. The number of para-hydroxylation sites is 1. The number of rotatable bonds is 7. The van der Waals surface area contributed by atoms with Crippen molar-refractivity contribution in [3.8, 4) is 11.5 Å². The fraction of sp³-hybridized carbons (Fsp3) is 0.381. The summed E-state index contributed by atoms with van der Waals surface area (Å²) < 4.78 is 11.5. The molecular weight excluding hydrogens is 314 g/mol. The first-order chi connectivity index (χ1) is 11.9. The highest BCUT2D eigenvalue weighted by Crippen LogP contribution is 2.27. The highest BCUT2D eigenvalue weighted by Gasteiger charge is 2.17. The third-order valence-corrected chi connectivity index (χ3v) is 3.71. The van der Waals surface area contributed by atoms with E-state index in [2.05, 4.69) is 19.2 Å². The molecule has 0 aliphatic carbocycles. The van der Waals surface area contributed by atoms with Gasteiger partial charge in [-0.1, -0.05) is 32.0 Å². The standard InChI is InChI=1S/C21H27NO3/c1-14(2)19-8-6-7-9-20(19)25-16(5)21(23)22-17-10-12-18(13-11-17)24-15(3)4/h6-16H,1-5H3,(H,22,23)/t16-/m1/s1. The van der Waals surface area contributed by atoms with Gasteiger partial charge in [0.15, 0.2) is 6.10 Å². The molecule has 0 spiro atoms. The van der Waals surface area contributed by atoms with Gasteiger partial charge >= 0.3 is 0 Å². The number of nitrogens with one attached hydrogen (secondary N) is 1. The van der Waals surface area contributed by atoms with Crippen LogP contribution in [-0.4, -0.2) is 18.1 Å². The van der Waals surface area contributed by atoms with Crippen LogP contribution in [0.15, 0.2) is 48.5 Å². The molecule has 25 heavy (non-hydrogen) atoms. The lowest BCUT2D eigenvalue weighted by atomic mass is 10.0. The molecule has 134 valence electrons. The SMILES string of the molecule is CC(C)Oc1ccc(NC(=O)[C@@H](C)Oc2ccccc2C(C)C)cc1. The highest BCUT2D eigenvalue weighted by atomic mass is 16.5. The van der Waals surface area contributed by atoms with Gasteiger partial charge in [-0.3, -0.25) is 4.79 Å². The van der Waals surface area contributed by atoms with Gasteiger partial charge in [-0.15, -0.1) is 0 Å². The fourth-order valence-corrected chi connectivity index (χ4v) is 2.44. The first kappa shape index (κ1) is 18.8. The van der Waals surface area contributed by atoms with Crippen molar-refractivity contribution in [2.45, 2.75) is 52.7 Å². The number of carbonyl (C=O) groups is 1. The van der Waals surface area contributed by atoms with Gasteiger partial charge in [-0.2, -0.15) is 0 Å². The Morgan fingerprint density at radius 2 is 1.52 bits per heavy atom. The van der Waals surface area contributed by atoms with Gasteiger partial charge < -0.3 is 14.8 Å². The quantitative estimate of drug-likeness (QED) is 0.770. The Labute approximate surface area is 150 Å². The summed E-state index contributed by atoms with van der Waals surface area (Å²) in [4.78, 5) is 12.4. The van der Waals surface area contributed by atoms with Gasteiger partial charge in [-0.05, 0) is 62.6 Å². The third kappa shape index (κ3) is 5.52. The van der Waals surface area contributed by atoms with Crippen molar-refractivity contribution >= 4 is 11.6 Å². The van der Waals surface area contributed by atoms with Crippen LogP contribution in [0.25, 0.3) is 0 Å². The van der Waals surface area contributed by atoms with E-state index in [4.69, 9.17) is 9.47 Å². The van der Waals surface area contributed by atoms with E-state index in [-0.39, 0.29) is 12.0 Å². The van der Waals surface area contributed by atoms with E-state index in [1.165, 1.54) is 0 Å². The lowest BCUT2D eigenvalue weighted by Gasteiger charge is -2.19. The van der Waals surface area contributed by atoms with E-state index in [0.717, 1.165) is 17.1 Å². The van der Waals surface area contributed by atoms with E-state index in [1.807, 2.05) is 62.4 Å². The number of anilines is 1. The summed E-state index contributed by atoms with van der Waals surface area (Å²) in [6.07, 6.45) is -0.471. The summed E-state index contributed by atoms with van der Waals surface area (Å²) in [6.45, 7) is 9.91. The second-order valence-electron chi connectivity index (χ2n) is 6.63. The Morgan fingerprint density at radius 1 is 0.880 bits per heavy atom. The lowest BCUT2D eigenvalue weighted by Crippen LogP contribution is -2.30. The third-order valence-electron chi connectivity index (χ3n) is 3.71. The maximum Gasteiger partial charge on any atom is 0.265 e. The molecule has 0 aliphatic heterocycles. The van der Waals surface area contributed by atoms with Crippen LogP contribution in [0.3, 0.4) is 0 Å². The van der Waals surface area contributed by atoms with Crippen LogP contribution < -0.4 is 14.8 Å². The van der Waals surface area contributed by atoms with E-state index in [1.54, 1.807) is 6.92 Å². The summed E-state index contributed by atoms with van der Waals surface area (Å²) in [5, 5.41) is 2.87. The average molecular weight is 341 g/mol. The molecule has 0 heterocycles.